The minimum atomic E-state index is -4.65. The summed E-state index contributed by atoms with van der Waals surface area (Å²) in [6, 6.07) is 6.29. The van der Waals surface area contributed by atoms with Gasteiger partial charge in [0.25, 0.3) is 0 Å². The van der Waals surface area contributed by atoms with Gasteiger partial charge in [-0.15, -0.1) is 24.9 Å². The maximum atomic E-state index is 12.3. The summed E-state index contributed by atoms with van der Waals surface area (Å²) >= 11 is 1.62. The first-order chi connectivity index (χ1) is 8.46. The molecule has 100 valence electrons. The molecule has 1 fully saturated rings. The second-order valence-corrected chi connectivity index (χ2v) is 5.70. The van der Waals surface area contributed by atoms with Gasteiger partial charge in [-0.2, -0.15) is 0 Å². The average molecular weight is 277 g/mol. The predicted octanol–water partition coefficient (Wildman–Crippen LogP) is 3.70. The summed E-state index contributed by atoms with van der Waals surface area (Å²) in [6.07, 6.45) is -3.63. The minimum absolute atomic E-state index is 0.121. The molecule has 1 heterocycles. The number of rotatable bonds is 2. The molecule has 1 aliphatic heterocycles. The lowest BCUT2D eigenvalue weighted by Crippen LogP contribution is -2.29. The lowest BCUT2D eigenvalue weighted by atomic mass is 10.2. The van der Waals surface area contributed by atoms with E-state index >= 15 is 0 Å². The third-order valence-electron chi connectivity index (χ3n) is 2.68. The van der Waals surface area contributed by atoms with Crippen molar-refractivity contribution < 1.29 is 17.9 Å². The van der Waals surface area contributed by atoms with Crippen molar-refractivity contribution in [3.8, 4) is 5.75 Å². The molecule has 2 nitrogen and oxygen atoms in total. The highest BCUT2D eigenvalue weighted by Gasteiger charge is 2.33. The van der Waals surface area contributed by atoms with E-state index in [-0.39, 0.29) is 11.1 Å². The number of thioether (sulfide) groups is 1. The summed E-state index contributed by atoms with van der Waals surface area (Å²) in [6.45, 7) is 2.88. The van der Waals surface area contributed by atoms with Gasteiger partial charge in [0.2, 0.25) is 0 Å². The molecule has 1 aromatic carbocycles. The molecule has 1 N–H and O–H groups in total. The van der Waals surface area contributed by atoms with Gasteiger partial charge in [0.05, 0.1) is 5.37 Å². The van der Waals surface area contributed by atoms with Crippen molar-refractivity contribution >= 4 is 11.8 Å². The number of para-hydroxylation sites is 1. The summed E-state index contributed by atoms with van der Waals surface area (Å²) in [5.74, 6) is -0.121. The molecule has 2 atom stereocenters. The number of hydrogen-bond acceptors (Lipinski definition) is 3. The maximum Gasteiger partial charge on any atom is 0.573 e. The van der Waals surface area contributed by atoms with Crippen LogP contribution in [0.1, 0.15) is 24.3 Å². The van der Waals surface area contributed by atoms with Crippen molar-refractivity contribution in [3.63, 3.8) is 0 Å². The molecule has 0 spiro atoms. The van der Waals surface area contributed by atoms with Crippen LogP contribution in [0.3, 0.4) is 0 Å². The first kappa shape index (κ1) is 13.5. The largest absolute Gasteiger partial charge is 0.573 e. The maximum absolute atomic E-state index is 12.3. The van der Waals surface area contributed by atoms with E-state index in [1.807, 2.05) is 0 Å². The van der Waals surface area contributed by atoms with Gasteiger partial charge in [-0.25, -0.2) is 0 Å². The second kappa shape index (κ2) is 5.40. The smallest absolute Gasteiger partial charge is 0.405 e. The van der Waals surface area contributed by atoms with E-state index in [1.54, 1.807) is 30.0 Å². The zero-order chi connectivity index (χ0) is 13.2. The normalized spacial score (nSPS) is 24.9. The van der Waals surface area contributed by atoms with Gasteiger partial charge in [0.15, 0.2) is 0 Å². The zero-order valence-corrected chi connectivity index (χ0v) is 10.6. The van der Waals surface area contributed by atoms with Crippen molar-refractivity contribution in [1.29, 1.82) is 0 Å². The minimum Gasteiger partial charge on any atom is -0.405 e. The fourth-order valence-corrected chi connectivity index (χ4v) is 3.14. The molecule has 1 aliphatic rings. The van der Waals surface area contributed by atoms with Crippen LogP contribution in [0.25, 0.3) is 0 Å². The van der Waals surface area contributed by atoms with E-state index in [2.05, 4.69) is 17.0 Å². The Labute approximate surface area is 108 Å². The molecule has 6 heteroatoms. The monoisotopic (exact) mass is 277 g/mol. The SMILES string of the molecule is CC1CCNC(c2ccccc2OC(F)(F)F)S1. The third-order valence-corrected chi connectivity index (χ3v) is 4.07. The van der Waals surface area contributed by atoms with E-state index < -0.39 is 6.36 Å². The molecule has 1 aromatic rings. The number of hydrogen-bond donors (Lipinski definition) is 1. The highest BCUT2D eigenvalue weighted by molar-refractivity contribution is 8.00. The molecule has 0 radical (unpaired) electrons. The van der Waals surface area contributed by atoms with Gasteiger partial charge < -0.3 is 10.1 Å². The number of nitrogens with one attached hydrogen (secondary N) is 1. The first-order valence-electron chi connectivity index (χ1n) is 5.69. The molecule has 1 saturated heterocycles. The van der Waals surface area contributed by atoms with Crippen molar-refractivity contribution in [2.24, 2.45) is 0 Å². The number of ether oxygens (including phenoxy) is 1. The molecule has 0 bridgehead atoms. The van der Waals surface area contributed by atoms with E-state index in [0.29, 0.717) is 10.8 Å². The Morgan fingerprint density at radius 1 is 1.33 bits per heavy atom. The highest BCUT2D eigenvalue weighted by atomic mass is 32.2. The van der Waals surface area contributed by atoms with Crippen molar-refractivity contribution in [2.75, 3.05) is 6.54 Å². The molecular weight excluding hydrogens is 263 g/mol. The Morgan fingerprint density at radius 2 is 2.06 bits per heavy atom. The van der Waals surface area contributed by atoms with E-state index in [1.165, 1.54) is 6.07 Å². The molecule has 0 aromatic heterocycles. The van der Waals surface area contributed by atoms with Crippen molar-refractivity contribution in [1.82, 2.24) is 5.32 Å². The van der Waals surface area contributed by atoms with Crippen LogP contribution in [0.4, 0.5) is 13.2 Å². The topological polar surface area (TPSA) is 21.3 Å². The lowest BCUT2D eigenvalue weighted by Gasteiger charge is -2.29. The van der Waals surface area contributed by atoms with Gasteiger partial charge in [-0.05, 0) is 19.0 Å². The van der Waals surface area contributed by atoms with E-state index in [4.69, 9.17) is 0 Å². The fraction of sp³-hybridized carbons (Fsp3) is 0.500. The standard InChI is InChI=1S/C12H14F3NOS/c1-8-6-7-16-11(18-8)9-4-2-3-5-10(9)17-12(13,14)15/h2-5,8,11,16H,6-7H2,1H3. The molecule has 0 amide bonds. The van der Waals surface area contributed by atoms with Crippen LogP contribution in [0.15, 0.2) is 24.3 Å². The quantitative estimate of drug-likeness (QED) is 0.890. The van der Waals surface area contributed by atoms with Crippen LogP contribution >= 0.6 is 11.8 Å². The summed E-state index contributed by atoms with van der Waals surface area (Å²) in [7, 11) is 0. The Bertz CT molecular complexity index is 411. The van der Waals surface area contributed by atoms with Crippen LogP contribution in [-0.4, -0.2) is 18.2 Å². The Balaban J connectivity index is 2.21. The van der Waals surface area contributed by atoms with Gasteiger partial charge in [-0.1, -0.05) is 25.1 Å². The number of alkyl halides is 3. The summed E-state index contributed by atoms with van der Waals surface area (Å²) in [4.78, 5) is 0. The Kier molecular flexibility index (Phi) is 4.07. The summed E-state index contributed by atoms with van der Waals surface area (Å²) in [5.41, 5.74) is 0.548. The van der Waals surface area contributed by atoms with Crippen LogP contribution in [0.2, 0.25) is 0 Å². The average Bonchev–Trinajstić information content (AvgIpc) is 2.27. The Hall–Kier alpha value is -0.880. The molecule has 2 unspecified atom stereocenters. The van der Waals surface area contributed by atoms with E-state index in [9.17, 15) is 13.2 Å². The predicted molar refractivity (Wildman–Crippen MR) is 65.5 cm³/mol. The molecule has 0 aliphatic carbocycles. The van der Waals surface area contributed by atoms with Crippen molar-refractivity contribution in [3.05, 3.63) is 29.8 Å². The van der Waals surface area contributed by atoms with Crippen LogP contribution in [0.5, 0.6) is 5.75 Å². The highest BCUT2D eigenvalue weighted by Crippen LogP contribution is 2.39. The molecular formula is C12H14F3NOS. The van der Waals surface area contributed by atoms with Gasteiger partial charge in [-0.3, -0.25) is 0 Å². The van der Waals surface area contributed by atoms with Crippen LogP contribution in [0, 0.1) is 0 Å². The third kappa shape index (κ3) is 3.55. The Morgan fingerprint density at radius 3 is 2.72 bits per heavy atom. The van der Waals surface area contributed by atoms with E-state index in [0.717, 1.165) is 13.0 Å². The number of benzene rings is 1. The summed E-state index contributed by atoms with van der Waals surface area (Å²) in [5, 5.41) is 3.49. The van der Waals surface area contributed by atoms with Crippen LogP contribution < -0.4 is 10.1 Å². The van der Waals surface area contributed by atoms with Gasteiger partial charge >= 0.3 is 6.36 Å². The van der Waals surface area contributed by atoms with Crippen molar-refractivity contribution in [2.45, 2.75) is 30.3 Å². The number of halogens is 3. The molecule has 18 heavy (non-hydrogen) atoms. The molecule has 0 saturated carbocycles. The molecule has 2 rings (SSSR count). The lowest BCUT2D eigenvalue weighted by molar-refractivity contribution is -0.274. The first-order valence-corrected chi connectivity index (χ1v) is 6.63. The van der Waals surface area contributed by atoms with Gasteiger partial charge in [0.1, 0.15) is 5.75 Å². The second-order valence-electron chi connectivity index (χ2n) is 4.16. The summed E-state index contributed by atoms with van der Waals surface area (Å²) < 4.78 is 41.0. The van der Waals surface area contributed by atoms with Crippen LogP contribution in [-0.2, 0) is 0 Å². The zero-order valence-electron chi connectivity index (χ0n) is 9.83. The van der Waals surface area contributed by atoms with Gasteiger partial charge in [0, 0.05) is 10.8 Å². The fourth-order valence-electron chi connectivity index (χ4n) is 1.86.